The lowest BCUT2D eigenvalue weighted by molar-refractivity contribution is 0.299. The zero-order chi connectivity index (χ0) is 22.1. The molecule has 164 valence electrons. The van der Waals surface area contributed by atoms with Crippen molar-refractivity contribution in [3.63, 3.8) is 0 Å². The molecule has 0 atom stereocenters. The van der Waals surface area contributed by atoms with Crippen LogP contribution in [0.3, 0.4) is 0 Å². The highest BCUT2D eigenvalue weighted by molar-refractivity contribution is 5.72. The van der Waals surface area contributed by atoms with Gasteiger partial charge < -0.3 is 4.74 Å². The summed E-state index contributed by atoms with van der Waals surface area (Å²) < 4.78 is 36.1. The van der Waals surface area contributed by atoms with Gasteiger partial charge in [0.25, 0.3) is 0 Å². The second-order valence-electron chi connectivity index (χ2n) is 7.98. The normalized spacial score (nSPS) is 11.0. The molecule has 1 nitrogen and oxygen atoms in total. The van der Waals surface area contributed by atoms with Crippen LogP contribution < -0.4 is 4.74 Å². The molecule has 3 aromatic carbocycles. The first-order chi connectivity index (χ1) is 15.2. The number of benzene rings is 3. The maximum atomic E-state index is 15.1. The quantitative estimate of drug-likeness (QED) is 0.281. The minimum absolute atomic E-state index is 0.252. The number of rotatable bonds is 11. The minimum Gasteiger partial charge on any atom is -0.493 e. The van der Waals surface area contributed by atoms with Gasteiger partial charge >= 0.3 is 0 Å². The van der Waals surface area contributed by atoms with Crippen LogP contribution in [0.5, 0.6) is 5.75 Å². The summed E-state index contributed by atoms with van der Waals surface area (Å²) in [6, 6.07) is 19.3. The van der Waals surface area contributed by atoms with Gasteiger partial charge in [-0.25, -0.2) is 8.78 Å². The summed E-state index contributed by atoms with van der Waals surface area (Å²) in [5, 5.41) is 0. The molecule has 0 heterocycles. The molecule has 0 unspecified atom stereocenters. The zero-order valence-electron chi connectivity index (χ0n) is 18.6. The lowest BCUT2D eigenvalue weighted by Gasteiger charge is -2.16. The molecule has 31 heavy (non-hydrogen) atoms. The summed E-state index contributed by atoms with van der Waals surface area (Å²) in [7, 11) is 0. The van der Waals surface area contributed by atoms with Crippen LogP contribution in [0.25, 0.3) is 22.3 Å². The summed E-state index contributed by atoms with van der Waals surface area (Å²) in [6.45, 7) is 4.75. The van der Waals surface area contributed by atoms with Crippen molar-refractivity contribution in [1.82, 2.24) is 0 Å². The van der Waals surface area contributed by atoms with Crippen LogP contribution in [0.2, 0.25) is 0 Å². The van der Waals surface area contributed by atoms with E-state index in [1.807, 2.05) is 54.6 Å². The Bertz CT molecular complexity index is 949. The molecule has 0 spiro atoms. The average molecular weight is 423 g/mol. The van der Waals surface area contributed by atoms with E-state index < -0.39 is 11.6 Å². The molecule has 3 rings (SSSR count). The van der Waals surface area contributed by atoms with Crippen molar-refractivity contribution >= 4 is 0 Å². The molecule has 0 fully saturated rings. The molecular weight excluding hydrogens is 390 g/mol. The van der Waals surface area contributed by atoms with Gasteiger partial charge in [-0.3, -0.25) is 0 Å². The van der Waals surface area contributed by atoms with E-state index in [-0.39, 0.29) is 5.56 Å². The molecule has 0 aliphatic rings. The molecule has 0 N–H and O–H groups in total. The molecule has 3 aromatic rings. The summed E-state index contributed by atoms with van der Waals surface area (Å²) >= 11 is 0. The average Bonchev–Trinajstić information content (AvgIpc) is 2.81. The largest absolute Gasteiger partial charge is 0.493 e. The second-order valence-corrected chi connectivity index (χ2v) is 7.98. The van der Waals surface area contributed by atoms with E-state index in [1.54, 1.807) is 6.07 Å². The lowest BCUT2D eigenvalue weighted by Crippen LogP contribution is -2.06. The Kier molecular flexibility index (Phi) is 8.63. The maximum Gasteiger partial charge on any atom is 0.167 e. The fourth-order valence-electron chi connectivity index (χ4n) is 3.77. The number of ether oxygens (including phenoxy) is 1. The number of hydrogen-bond donors (Lipinski definition) is 0. The SMILES string of the molecule is CCCCCOc1cc(-c2ccc(-c3ccccc3)cc2)c(F)c(F)c1CCCCC. The molecule has 0 aromatic heterocycles. The van der Waals surface area contributed by atoms with E-state index in [1.165, 1.54) is 0 Å². The van der Waals surface area contributed by atoms with Crippen molar-refractivity contribution in [1.29, 1.82) is 0 Å². The standard InChI is InChI=1S/C28H32F2O/c1-3-5-8-14-24-26(31-19-11-6-4-2)20-25(28(30)27(24)29)23-17-15-22(16-18-23)21-12-9-7-10-13-21/h7,9-10,12-13,15-18,20H,3-6,8,11,14,19H2,1-2H3. The Labute approximate surface area is 185 Å². The van der Waals surface area contributed by atoms with E-state index in [9.17, 15) is 0 Å². The Morgan fingerprint density at radius 3 is 1.97 bits per heavy atom. The van der Waals surface area contributed by atoms with Crippen LogP contribution in [0.4, 0.5) is 8.78 Å². The Morgan fingerprint density at radius 1 is 0.677 bits per heavy atom. The monoisotopic (exact) mass is 422 g/mol. The predicted octanol–water partition coefficient (Wildman–Crippen LogP) is 8.60. The Balaban J connectivity index is 1.92. The fraction of sp³-hybridized carbons (Fsp3) is 0.357. The van der Waals surface area contributed by atoms with Crippen LogP contribution in [0, 0.1) is 11.6 Å². The Morgan fingerprint density at radius 2 is 1.29 bits per heavy atom. The molecule has 3 heteroatoms. The summed E-state index contributed by atoms with van der Waals surface area (Å²) in [5.74, 6) is -1.08. The third-order valence-electron chi connectivity index (χ3n) is 5.61. The van der Waals surface area contributed by atoms with E-state index >= 15 is 8.78 Å². The third kappa shape index (κ3) is 5.94. The highest BCUT2D eigenvalue weighted by atomic mass is 19.2. The Hall–Kier alpha value is -2.68. The van der Waals surface area contributed by atoms with Gasteiger partial charge in [-0.15, -0.1) is 0 Å². The fourth-order valence-corrected chi connectivity index (χ4v) is 3.77. The van der Waals surface area contributed by atoms with Crippen molar-refractivity contribution in [2.24, 2.45) is 0 Å². The van der Waals surface area contributed by atoms with E-state index in [2.05, 4.69) is 13.8 Å². The lowest BCUT2D eigenvalue weighted by atomic mass is 9.96. The highest BCUT2D eigenvalue weighted by Crippen LogP contribution is 2.35. The minimum atomic E-state index is -0.792. The molecule has 0 amide bonds. The summed E-state index contributed by atoms with van der Waals surface area (Å²) in [6.07, 6.45) is 6.38. The van der Waals surface area contributed by atoms with Crippen LogP contribution in [0.1, 0.15) is 57.9 Å². The van der Waals surface area contributed by atoms with Crippen LogP contribution in [0.15, 0.2) is 60.7 Å². The molecule has 0 radical (unpaired) electrons. The molecule has 0 saturated heterocycles. The number of unbranched alkanes of at least 4 members (excludes halogenated alkanes) is 4. The van der Waals surface area contributed by atoms with Crippen molar-refractivity contribution in [3.05, 3.63) is 77.9 Å². The molecule has 0 aliphatic heterocycles. The first-order valence-corrected chi connectivity index (χ1v) is 11.4. The first kappa shape index (κ1) is 23.0. The van der Waals surface area contributed by atoms with Crippen molar-refractivity contribution in [2.75, 3.05) is 6.61 Å². The van der Waals surface area contributed by atoms with Gasteiger partial charge in [-0.2, -0.15) is 0 Å². The topological polar surface area (TPSA) is 9.23 Å². The molecule has 0 saturated carbocycles. The van der Waals surface area contributed by atoms with E-state index in [4.69, 9.17) is 4.74 Å². The zero-order valence-corrected chi connectivity index (χ0v) is 18.6. The first-order valence-electron chi connectivity index (χ1n) is 11.4. The third-order valence-corrected chi connectivity index (χ3v) is 5.61. The smallest absolute Gasteiger partial charge is 0.167 e. The van der Waals surface area contributed by atoms with Gasteiger partial charge in [0.05, 0.1) is 6.61 Å². The summed E-state index contributed by atoms with van der Waals surface area (Å²) in [5.41, 5.74) is 3.40. The number of hydrogen-bond acceptors (Lipinski definition) is 1. The number of halogens is 2. The molecular formula is C28H32F2O. The molecule has 0 aliphatic carbocycles. The van der Waals surface area contributed by atoms with Crippen LogP contribution in [-0.2, 0) is 6.42 Å². The van der Waals surface area contributed by atoms with Crippen molar-refractivity contribution in [3.8, 4) is 28.0 Å². The van der Waals surface area contributed by atoms with Gasteiger partial charge in [0.15, 0.2) is 11.6 Å². The van der Waals surface area contributed by atoms with E-state index in [0.29, 0.717) is 29.9 Å². The van der Waals surface area contributed by atoms with Gasteiger partial charge in [-0.05, 0) is 42.0 Å². The van der Waals surface area contributed by atoms with Crippen molar-refractivity contribution in [2.45, 2.75) is 58.8 Å². The van der Waals surface area contributed by atoms with E-state index in [0.717, 1.165) is 49.7 Å². The second kappa shape index (κ2) is 11.6. The summed E-state index contributed by atoms with van der Waals surface area (Å²) in [4.78, 5) is 0. The van der Waals surface area contributed by atoms with Crippen molar-refractivity contribution < 1.29 is 13.5 Å². The highest BCUT2D eigenvalue weighted by Gasteiger charge is 2.20. The van der Waals surface area contributed by atoms with Gasteiger partial charge in [0.1, 0.15) is 5.75 Å². The van der Waals surface area contributed by atoms with Gasteiger partial charge in [0, 0.05) is 11.1 Å². The van der Waals surface area contributed by atoms with Gasteiger partial charge in [0.2, 0.25) is 0 Å². The van der Waals surface area contributed by atoms with Crippen LogP contribution >= 0.6 is 0 Å². The predicted molar refractivity (Wildman–Crippen MR) is 125 cm³/mol. The van der Waals surface area contributed by atoms with Gasteiger partial charge in [-0.1, -0.05) is 94.1 Å². The van der Waals surface area contributed by atoms with Crippen LogP contribution in [-0.4, -0.2) is 6.61 Å². The molecule has 0 bridgehead atoms. The maximum absolute atomic E-state index is 15.1.